The number of hydrogen-bond donors (Lipinski definition) is 0. The molecule has 1 unspecified atom stereocenters. The summed E-state index contributed by atoms with van der Waals surface area (Å²) >= 11 is 12.6. The van der Waals surface area contributed by atoms with Gasteiger partial charge in [0.1, 0.15) is 5.54 Å². The predicted molar refractivity (Wildman–Crippen MR) is 160 cm³/mol. The van der Waals surface area contributed by atoms with Gasteiger partial charge in [0.05, 0.1) is 10.0 Å². The number of nitrogens with zero attached hydrogens (tertiary/aromatic N) is 4. The first-order valence-corrected chi connectivity index (χ1v) is 14.9. The Morgan fingerprint density at radius 1 is 0.897 bits per heavy atom. The number of carbonyl (C=O) groups excluding carboxylic acids is 2. The lowest BCUT2D eigenvalue weighted by atomic mass is 9.82. The number of benzene rings is 2. The number of likely N-dealkylation sites (N-methyl/N-ethyl adjacent to an activating group) is 2. The third-order valence-corrected chi connectivity index (χ3v) is 9.26. The molecule has 2 aromatic rings. The van der Waals surface area contributed by atoms with Crippen molar-refractivity contribution in [3.63, 3.8) is 0 Å². The molecular weight excluding hydrogens is 531 g/mol. The smallest absolute Gasteiger partial charge is 0.253 e. The molecule has 2 aromatic carbocycles. The summed E-state index contributed by atoms with van der Waals surface area (Å²) < 4.78 is 0. The van der Waals surface area contributed by atoms with E-state index in [-0.39, 0.29) is 23.3 Å². The predicted octanol–water partition coefficient (Wildman–Crippen LogP) is 5.65. The Hall–Kier alpha value is -2.12. The largest absolute Gasteiger partial charge is 0.347 e. The minimum Gasteiger partial charge on any atom is -0.347 e. The molecule has 2 aliphatic heterocycles. The van der Waals surface area contributed by atoms with Crippen LogP contribution in [0.15, 0.2) is 48.5 Å². The maximum absolute atomic E-state index is 13.4. The maximum Gasteiger partial charge on any atom is 0.253 e. The van der Waals surface area contributed by atoms with E-state index in [0.29, 0.717) is 22.2 Å². The van der Waals surface area contributed by atoms with Crippen LogP contribution in [-0.2, 0) is 4.79 Å². The third-order valence-electron chi connectivity index (χ3n) is 8.52. The van der Waals surface area contributed by atoms with Crippen LogP contribution in [-0.4, -0.2) is 97.4 Å². The summed E-state index contributed by atoms with van der Waals surface area (Å²) in [6, 6.07) is 15.2. The number of rotatable bonds is 9. The van der Waals surface area contributed by atoms with Crippen molar-refractivity contribution in [2.24, 2.45) is 0 Å². The first-order chi connectivity index (χ1) is 18.7. The highest BCUT2D eigenvalue weighted by molar-refractivity contribution is 6.42. The van der Waals surface area contributed by atoms with Crippen molar-refractivity contribution in [1.82, 2.24) is 19.6 Å². The summed E-state index contributed by atoms with van der Waals surface area (Å²) in [6.45, 7) is 5.29. The second kappa shape index (κ2) is 13.5. The van der Waals surface area contributed by atoms with E-state index >= 15 is 0 Å². The van der Waals surface area contributed by atoms with E-state index in [4.69, 9.17) is 23.2 Å². The van der Waals surface area contributed by atoms with Crippen molar-refractivity contribution in [2.45, 2.75) is 50.0 Å². The van der Waals surface area contributed by atoms with Gasteiger partial charge in [-0.05, 0) is 81.6 Å². The standard InChI is InChI=1S/C31H42Cl2N4O2/c1-34(2)30(39)31(37-17-8-5-9-18-37)15-20-36(21-16-31)19-14-26(25-12-13-27(32)28(33)22-25)23-35(3)29(38)24-10-6-4-7-11-24/h4,6-7,10-13,22,26H,5,8-9,14-21,23H2,1-3H3. The molecule has 0 spiro atoms. The zero-order valence-corrected chi connectivity index (χ0v) is 25.1. The van der Waals surface area contributed by atoms with Crippen LogP contribution in [0.5, 0.6) is 0 Å². The Labute approximate surface area is 243 Å². The number of halogens is 2. The van der Waals surface area contributed by atoms with Gasteiger partial charge < -0.3 is 14.7 Å². The molecule has 2 aliphatic rings. The molecule has 0 aromatic heterocycles. The molecule has 8 heteroatoms. The van der Waals surface area contributed by atoms with Crippen molar-refractivity contribution in [2.75, 3.05) is 60.4 Å². The molecule has 0 N–H and O–H groups in total. The van der Waals surface area contributed by atoms with Gasteiger partial charge in [0.2, 0.25) is 5.91 Å². The Morgan fingerprint density at radius 3 is 2.18 bits per heavy atom. The molecular formula is C31H42Cl2N4O2. The Morgan fingerprint density at radius 2 is 1.56 bits per heavy atom. The number of carbonyl (C=O) groups is 2. The molecule has 0 saturated carbocycles. The van der Waals surface area contributed by atoms with Gasteiger partial charge in [0.25, 0.3) is 5.91 Å². The van der Waals surface area contributed by atoms with Gasteiger partial charge in [-0.1, -0.05) is 53.9 Å². The first-order valence-electron chi connectivity index (χ1n) is 14.2. The highest BCUT2D eigenvalue weighted by atomic mass is 35.5. The van der Waals surface area contributed by atoms with Crippen LogP contribution in [0.25, 0.3) is 0 Å². The summed E-state index contributed by atoms with van der Waals surface area (Å²) in [5.41, 5.74) is 1.38. The Kier molecular flexibility index (Phi) is 10.3. The van der Waals surface area contributed by atoms with E-state index in [9.17, 15) is 9.59 Å². The van der Waals surface area contributed by atoms with E-state index in [0.717, 1.165) is 57.5 Å². The summed E-state index contributed by atoms with van der Waals surface area (Å²) in [4.78, 5) is 35.1. The molecule has 0 radical (unpaired) electrons. The lowest BCUT2D eigenvalue weighted by molar-refractivity contribution is -0.147. The van der Waals surface area contributed by atoms with E-state index < -0.39 is 0 Å². The first kappa shape index (κ1) is 29.9. The van der Waals surface area contributed by atoms with Gasteiger partial charge in [-0.3, -0.25) is 14.5 Å². The molecule has 4 rings (SSSR count). The van der Waals surface area contributed by atoms with E-state index in [1.54, 1.807) is 9.80 Å². The second-order valence-corrected chi connectivity index (χ2v) is 12.1. The minimum atomic E-state index is -0.383. The highest BCUT2D eigenvalue weighted by Gasteiger charge is 2.47. The van der Waals surface area contributed by atoms with E-state index in [1.807, 2.05) is 69.7 Å². The molecule has 0 bridgehead atoms. The molecule has 0 aliphatic carbocycles. The van der Waals surface area contributed by atoms with Crippen LogP contribution in [0.4, 0.5) is 0 Å². The topological polar surface area (TPSA) is 47.1 Å². The summed E-state index contributed by atoms with van der Waals surface area (Å²) in [5, 5.41) is 1.06. The third kappa shape index (κ3) is 7.15. The number of hydrogen-bond acceptors (Lipinski definition) is 4. The van der Waals surface area contributed by atoms with Crippen LogP contribution < -0.4 is 0 Å². The SMILES string of the molecule is CN(C)C(=O)C1(N2CCCCC2)CCN(CCC(CN(C)C(=O)c2ccccc2)c2ccc(Cl)c(Cl)c2)CC1. The van der Waals surface area contributed by atoms with Gasteiger partial charge in [-0.2, -0.15) is 0 Å². The summed E-state index contributed by atoms with van der Waals surface area (Å²) in [6.07, 6.45) is 6.19. The molecule has 212 valence electrons. The Bertz CT molecular complexity index is 1110. The summed E-state index contributed by atoms with van der Waals surface area (Å²) in [5.74, 6) is 0.362. The minimum absolute atomic E-state index is 0.00662. The maximum atomic E-state index is 13.4. The van der Waals surface area contributed by atoms with Crippen molar-refractivity contribution in [1.29, 1.82) is 0 Å². The van der Waals surface area contributed by atoms with Gasteiger partial charge in [0, 0.05) is 52.3 Å². The van der Waals surface area contributed by atoms with Gasteiger partial charge >= 0.3 is 0 Å². The monoisotopic (exact) mass is 572 g/mol. The molecule has 2 amide bonds. The van der Waals surface area contributed by atoms with Gasteiger partial charge in [-0.15, -0.1) is 0 Å². The number of likely N-dealkylation sites (tertiary alicyclic amines) is 2. The molecule has 1 atom stereocenters. The second-order valence-electron chi connectivity index (χ2n) is 11.3. The van der Waals surface area contributed by atoms with E-state index in [1.165, 1.54) is 19.3 Å². The van der Waals surface area contributed by atoms with Gasteiger partial charge in [-0.25, -0.2) is 0 Å². The molecule has 2 heterocycles. The lowest BCUT2D eigenvalue weighted by Crippen LogP contribution is -2.64. The fourth-order valence-corrected chi connectivity index (χ4v) is 6.54. The molecule has 2 fully saturated rings. The van der Waals surface area contributed by atoms with Crippen molar-refractivity contribution >= 4 is 35.0 Å². The average molecular weight is 574 g/mol. The zero-order chi connectivity index (χ0) is 28.0. The highest BCUT2D eigenvalue weighted by Crippen LogP contribution is 2.34. The molecule has 6 nitrogen and oxygen atoms in total. The van der Waals surface area contributed by atoms with Crippen molar-refractivity contribution in [3.05, 3.63) is 69.7 Å². The molecule has 39 heavy (non-hydrogen) atoms. The lowest BCUT2D eigenvalue weighted by Gasteiger charge is -2.50. The van der Waals surface area contributed by atoms with Gasteiger partial charge in [0.15, 0.2) is 0 Å². The number of piperidine rings is 2. The van der Waals surface area contributed by atoms with Crippen LogP contribution in [0.2, 0.25) is 10.0 Å². The van der Waals surface area contributed by atoms with Crippen molar-refractivity contribution < 1.29 is 9.59 Å². The Balaban J connectivity index is 1.44. The van der Waals surface area contributed by atoms with Crippen molar-refractivity contribution in [3.8, 4) is 0 Å². The summed E-state index contributed by atoms with van der Waals surface area (Å²) in [7, 11) is 5.63. The molecule has 2 saturated heterocycles. The fourth-order valence-electron chi connectivity index (χ4n) is 6.23. The quantitative estimate of drug-likeness (QED) is 0.389. The van der Waals surface area contributed by atoms with Crippen LogP contribution >= 0.6 is 23.2 Å². The average Bonchev–Trinajstić information content (AvgIpc) is 2.97. The zero-order valence-electron chi connectivity index (χ0n) is 23.5. The number of amides is 2. The fraction of sp³-hybridized carbons (Fsp3) is 0.548. The van der Waals surface area contributed by atoms with Crippen LogP contribution in [0.3, 0.4) is 0 Å². The van der Waals surface area contributed by atoms with E-state index in [2.05, 4.69) is 9.80 Å². The normalized spacial score (nSPS) is 18.9. The van der Waals surface area contributed by atoms with Crippen LogP contribution in [0.1, 0.15) is 60.4 Å². The van der Waals surface area contributed by atoms with Crippen LogP contribution in [0, 0.1) is 0 Å².